The molecule has 0 aliphatic heterocycles. The normalized spacial score (nSPS) is 14.3. The average molecular weight is 393 g/mol. The van der Waals surface area contributed by atoms with E-state index in [0.29, 0.717) is 5.56 Å². The predicted molar refractivity (Wildman–Crippen MR) is 114 cm³/mol. The Hall–Kier alpha value is -2.13. The first-order chi connectivity index (χ1) is 12.8. The Morgan fingerprint density at radius 2 is 2.08 bits per heavy atom. The second kappa shape index (κ2) is 7.63. The van der Waals surface area contributed by atoms with Gasteiger partial charge in [0.2, 0.25) is 0 Å². The Kier molecular flexibility index (Phi) is 5.07. The summed E-state index contributed by atoms with van der Waals surface area (Å²) in [6, 6.07) is 10.8. The summed E-state index contributed by atoms with van der Waals surface area (Å²) in [5, 5.41) is 14.8. The van der Waals surface area contributed by atoms with Gasteiger partial charge in [0.1, 0.15) is 11.1 Å². The first kappa shape index (κ1) is 17.3. The van der Waals surface area contributed by atoms with Crippen molar-refractivity contribution < 1.29 is 0 Å². The molecule has 0 N–H and O–H groups in total. The van der Waals surface area contributed by atoms with E-state index in [-0.39, 0.29) is 0 Å². The predicted octanol–water partition coefficient (Wildman–Crippen LogP) is 6.51. The van der Waals surface area contributed by atoms with Crippen LogP contribution in [-0.2, 0) is 6.42 Å². The van der Waals surface area contributed by atoms with Gasteiger partial charge in [-0.15, -0.1) is 41.0 Å². The Morgan fingerprint density at radius 1 is 1.23 bits per heavy atom. The summed E-state index contributed by atoms with van der Waals surface area (Å²) >= 11 is 5.01. The SMILES string of the molecule is C=CCSc1nc2c(c(-c3cccs3)c1C#N)CCC2=Cc1cccs1. The number of aromatic nitrogens is 1. The summed E-state index contributed by atoms with van der Waals surface area (Å²) in [7, 11) is 0. The number of rotatable bonds is 5. The van der Waals surface area contributed by atoms with Crippen molar-refractivity contribution in [2.45, 2.75) is 17.9 Å². The lowest BCUT2D eigenvalue weighted by molar-refractivity contribution is 1.05. The van der Waals surface area contributed by atoms with Gasteiger partial charge in [-0.05, 0) is 52.9 Å². The number of allylic oxidation sites excluding steroid dienone is 1. The van der Waals surface area contributed by atoms with Crippen LogP contribution in [0.4, 0.5) is 0 Å². The largest absolute Gasteiger partial charge is 0.240 e. The number of fused-ring (bicyclic) bond motifs is 1. The van der Waals surface area contributed by atoms with Crippen molar-refractivity contribution in [3.63, 3.8) is 0 Å². The highest BCUT2D eigenvalue weighted by Gasteiger charge is 2.27. The maximum absolute atomic E-state index is 9.86. The third-order valence-electron chi connectivity index (χ3n) is 4.29. The van der Waals surface area contributed by atoms with Crippen LogP contribution in [0.5, 0.6) is 0 Å². The van der Waals surface area contributed by atoms with Crippen molar-refractivity contribution in [3.05, 3.63) is 69.4 Å². The van der Waals surface area contributed by atoms with Gasteiger partial charge in [0.25, 0.3) is 0 Å². The van der Waals surface area contributed by atoms with Gasteiger partial charge in [-0.3, -0.25) is 0 Å². The first-order valence-corrected chi connectivity index (χ1v) is 11.0. The molecule has 0 atom stereocenters. The number of pyridine rings is 1. The maximum atomic E-state index is 9.86. The van der Waals surface area contributed by atoms with Gasteiger partial charge in [0, 0.05) is 21.1 Å². The number of thioether (sulfide) groups is 1. The number of hydrogen-bond acceptors (Lipinski definition) is 5. The van der Waals surface area contributed by atoms with E-state index in [1.165, 1.54) is 16.0 Å². The molecule has 3 aromatic heterocycles. The van der Waals surface area contributed by atoms with Gasteiger partial charge in [0.05, 0.1) is 11.3 Å². The van der Waals surface area contributed by atoms with E-state index in [0.717, 1.165) is 39.8 Å². The third-order valence-corrected chi connectivity index (χ3v) is 6.97. The Morgan fingerprint density at radius 3 is 2.77 bits per heavy atom. The Balaban J connectivity index is 1.93. The van der Waals surface area contributed by atoms with Crippen LogP contribution in [0.1, 0.15) is 28.1 Å². The zero-order valence-corrected chi connectivity index (χ0v) is 16.5. The van der Waals surface area contributed by atoms with Crippen molar-refractivity contribution in [2.24, 2.45) is 0 Å². The second-order valence-electron chi connectivity index (χ2n) is 5.87. The molecule has 0 saturated carbocycles. The summed E-state index contributed by atoms with van der Waals surface area (Å²) in [5.41, 5.74) is 5.33. The van der Waals surface area contributed by atoms with Gasteiger partial charge >= 0.3 is 0 Å². The van der Waals surface area contributed by atoms with Crippen LogP contribution < -0.4 is 0 Å². The molecule has 4 rings (SSSR count). The minimum absolute atomic E-state index is 0.704. The van der Waals surface area contributed by atoms with Crippen molar-refractivity contribution in [1.82, 2.24) is 4.98 Å². The highest BCUT2D eigenvalue weighted by molar-refractivity contribution is 7.99. The van der Waals surface area contributed by atoms with Crippen molar-refractivity contribution >= 4 is 46.1 Å². The molecule has 0 radical (unpaired) electrons. The molecule has 0 unspecified atom stereocenters. The minimum atomic E-state index is 0.704. The molecular formula is C21H16N2S3. The molecule has 0 aromatic carbocycles. The lowest BCUT2D eigenvalue weighted by Gasteiger charge is -2.13. The molecule has 2 nitrogen and oxygen atoms in total. The lowest BCUT2D eigenvalue weighted by Crippen LogP contribution is -1.99. The summed E-state index contributed by atoms with van der Waals surface area (Å²) in [4.78, 5) is 7.33. The monoisotopic (exact) mass is 392 g/mol. The van der Waals surface area contributed by atoms with Gasteiger partial charge in [-0.1, -0.05) is 18.2 Å². The average Bonchev–Trinajstić information content (AvgIpc) is 3.41. The van der Waals surface area contributed by atoms with E-state index in [4.69, 9.17) is 4.98 Å². The van der Waals surface area contributed by atoms with Crippen LogP contribution in [0.15, 0.2) is 52.7 Å². The van der Waals surface area contributed by atoms with E-state index in [1.807, 2.05) is 12.1 Å². The zero-order chi connectivity index (χ0) is 17.9. The van der Waals surface area contributed by atoms with Gasteiger partial charge < -0.3 is 0 Å². The fourth-order valence-corrected chi connectivity index (χ4v) is 5.42. The fraction of sp³-hybridized carbons (Fsp3) is 0.143. The second-order valence-corrected chi connectivity index (χ2v) is 8.80. The molecule has 128 valence electrons. The molecular weight excluding hydrogens is 376 g/mol. The van der Waals surface area contributed by atoms with E-state index >= 15 is 0 Å². The maximum Gasteiger partial charge on any atom is 0.115 e. The van der Waals surface area contributed by atoms with E-state index in [1.54, 1.807) is 34.4 Å². The zero-order valence-electron chi connectivity index (χ0n) is 14.1. The Bertz CT molecular complexity index is 1010. The standard InChI is InChI=1S/C21H16N2S3/c1-2-9-26-21-17(13-22)19(18-6-4-11-25-18)16-8-7-14(20(16)23-21)12-15-5-3-10-24-15/h2-6,10-12H,1,7-9H2. The summed E-state index contributed by atoms with van der Waals surface area (Å²) in [6.07, 6.45) is 6.01. The van der Waals surface area contributed by atoms with Gasteiger partial charge in [-0.2, -0.15) is 5.26 Å². The smallest absolute Gasteiger partial charge is 0.115 e. The van der Waals surface area contributed by atoms with Crippen molar-refractivity contribution in [3.8, 4) is 16.5 Å². The van der Waals surface area contributed by atoms with Gasteiger partial charge in [-0.25, -0.2) is 4.98 Å². The molecule has 0 amide bonds. The topological polar surface area (TPSA) is 36.7 Å². The van der Waals surface area contributed by atoms with Crippen LogP contribution in [-0.4, -0.2) is 10.7 Å². The van der Waals surface area contributed by atoms with Crippen LogP contribution in [0.25, 0.3) is 22.1 Å². The molecule has 1 aliphatic rings. The number of nitrogens with zero attached hydrogens (tertiary/aromatic N) is 2. The summed E-state index contributed by atoms with van der Waals surface area (Å²) in [5.74, 6) is 0.744. The summed E-state index contributed by atoms with van der Waals surface area (Å²) in [6.45, 7) is 3.80. The fourth-order valence-electron chi connectivity index (χ4n) is 3.21. The minimum Gasteiger partial charge on any atom is -0.240 e. The van der Waals surface area contributed by atoms with E-state index < -0.39 is 0 Å². The highest BCUT2D eigenvalue weighted by atomic mass is 32.2. The summed E-state index contributed by atoms with van der Waals surface area (Å²) < 4.78 is 0. The van der Waals surface area contributed by atoms with Crippen molar-refractivity contribution in [2.75, 3.05) is 5.75 Å². The van der Waals surface area contributed by atoms with E-state index in [2.05, 4.69) is 47.7 Å². The van der Waals surface area contributed by atoms with Crippen LogP contribution in [0.2, 0.25) is 0 Å². The van der Waals surface area contributed by atoms with Gasteiger partial charge in [0.15, 0.2) is 0 Å². The molecule has 1 aliphatic carbocycles. The highest BCUT2D eigenvalue weighted by Crippen LogP contribution is 2.44. The molecule has 0 saturated heterocycles. The van der Waals surface area contributed by atoms with Crippen molar-refractivity contribution in [1.29, 1.82) is 5.26 Å². The number of thiophene rings is 2. The van der Waals surface area contributed by atoms with Crippen LogP contribution >= 0.6 is 34.4 Å². The Labute approximate surface area is 165 Å². The molecule has 0 fully saturated rings. The third kappa shape index (κ3) is 3.16. The molecule has 0 bridgehead atoms. The lowest BCUT2D eigenvalue weighted by atomic mass is 10.0. The van der Waals surface area contributed by atoms with Crippen LogP contribution in [0.3, 0.4) is 0 Å². The van der Waals surface area contributed by atoms with Crippen LogP contribution in [0, 0.1) is 11.3 Å². The molecule has 0 spiro atoms. The molecule has 3 heterocycles. The van der Waals surface area contributed by atoms with E-state index in [9.17, 15) is 5.26 Å². The number of hydrogen-bond donors (Lipinski definition) is 0. The quantitative estimate of drug-likeness (QED) is 0.367. The first-order valence-electron chi connectivity index (χ1n) is 8.30. The molecule has 3 aromatic rings. The number of nitriles is 1. The molecule has 26 heavy (non-hydrogen) atoms. The molecule has 5 heteroatoms.